The van der Waals surface area contributed by atoms with E-state index in [0.717, 1.165) is 11.1 Å². The van der Waals surface area contributed by atoms with Crippen molar-refractivity contribution < 1.29 is 4.79 Å². The minimum Gasteiger partial charge on any atom is -0.288 e. The second-order valence-corrected chi connectivity index (χ2v) is 7.92. The van der Waals surface area contributed by atoms with Gasteiger partial charge in [-0.2, -0.15) is 5.26 Å². The molecule has 5 rings (SSSR count). The van der Waals surface area contributed by atoms with Gasteiger partial charge in [0.05, 0.1) is 16.6 Å². The van der Waals surface area contributed by atoms with Crippen LogP contribution in [-0.2, 0) is 0 Å². The van der Waals surface area contributed by atoms with Gasteiger partial charge in [0.25, 0.3) is 5.56 Å². The molecule has 0 aliphatic carbocycles. The number of nitriles is 1. The first-order chi connectivity index (χ1) is 17.2. The van der Waals surface area contributed by atoms with E-state index in [1.165, 1.54) is 0 Å². The Hall–Kier alpha value is -5.08. The van der Waals surface area contributed by atoms with Gasteiger partial charge in [-0.3, -0.25) is 14.2 Å². The number of nitrogens with zero attached hydrogens (tertiary/aromatic N) is 3. The van der Waals surface area contributed by atoms with Crippen LogP contribution in [0.25, 0.3) is 34.1 Å². The number of fused-ring (bicyclic) bond motifs is 1. The first kappa shape index (κ1) is 21.7. The number of allylic oxidation sites excluding steroid dienone is 1. The van der Waals surface area contributed by atoms with Crippen LogP contribution < -0.4 is 5.56 Å². The maximum Gasteiger partial charge on any atom is 0.266 e. The van der Waals surface area contributed by atoms with E-state index in [4.69, 9.17) is 4.98 Å². The lowest BCUT2D eigenvalue weighted by Crippen LogP contribution is -2.22. The molecule has 0 bridgehead atoms. The van der Waals surface area contributed by atoms with Gasteiger partial charge in [-0.25, -0.2) is 4.98 Å². The summed E-state index contributed by atoms with van der Waals surface area (Å²) in [5.41, 5.74) is 2.97. The molecule has 5 aromatic rings. The van der Waals surface area contributed by atoms with Crippen LogP contribution in [0.15, 0.2) is 120 Å². The Labute approximate surface area is 201 Å². The van der Waals surface area contributed by atoms with Gasteiger partial charge in [0.15, 0.2) is 0 Å². The molecule has 0 saturated heterocycles. The van der Waals surface area contributed by atoms with Crippen molar-refractivity contribution >= 4 is 22.8 Å². The van der Waals surface area contributed by atoms with Crippen molar-refractivity contribution in [3.63, 3.8) is 0 Å². The molecular formula is C30H19N3O2. The second kappa shape index (κ2) is 9.42. The molecule has 0 unspecified atom stereocenters. The van der Waals surface area contributed by atoms with E-state index < -0.39 is 0 Å². The number of hydrogen-bond acceptors (Lipinski definition) is 4. The molecule has 0 fully saturated rings. The molecule has 0 amide bonds. The normalized spacial score (nSPS) is 11.2. The second-order valence-electron chi connectivity index (χ2n) is 7.92. The number of aromatic nitrogens is 2. The third-order valence-corrected chi connectivity index (χ3v) is 5.67. The quantitative estimate of drug-likeness (QED) is 0.190. The Balaban J connectivity index is 1.60. The molecule has 0 N–H and O–H groups in total. The minimum absolute atomic E-state index is 0.0402. The van der Waals surface area contributed by atoms with Crippen LogP contribution in [0.1, 0.15) is 15.9 Å². The molecule has 1 aromatic heterocycles. The lowest BCUT2D eigenvalue weighted by Gasteiger charge is -2.14. The number of Topliss-reactive ketones (excluding diaryl/α,β-unsaturated/α-hetero) is 1. The summed E-state index contributed by atoms with van der Waals surface area (Å²) in [5, 5.41) is 10.1. The highest BCUT2D eigenvalue weighted by Gasteiger charge is 2.16. The first-order valence-electron chi connectivity index (χ1n) is 11.0. The molecule has 5 heteroatoms. The fraction of sp³-hybridized carbons (Fsp3) is 0. The molecule has 4 aromatic carbocycles. The summed E-state index contributed by atoms with van der Waals surface area (Å²) in [6, 6.07) is 34.6. The SMILES string of the molecule is N#C/C(=C\c1ccccc1)C(=O)c1ccc(-n2c(-c3ccccc3)nc3ccccc3c2=O)cc1. The summed E-state index contributed by atoms with van der Waals surface area (Å²) in [4.78, 5) is 31.3. The highest BCUT2D eigenvalue weighted by Crippen LogP contribution is 2.23. The highest BCUT2D eigenvalue weighted by atomic mass is 16.1. The van der Waals surface area contributed by atoms with Gasteiger partial charge in [0.2, 0.25) is 5.78 Å². The summed E-state index contributed by atoms with van der Waals surface area (Å²) in [7, 11) is 0. The number of carbonyl (C=O) groups excluding carboxylic acids is 1. The Morgan fingerprint density at radius 2 is 1.43 bits per heavy atom. The van der Waals surface area contributed by atoms with Crippen LogP contribution in [0.4, 0.5) is 0 Å². The van der Waals surface area contributed by atoms with Gasteiger partial charge in [-0.05, 0) is 48.0 Å². The van der Waals surface area contributed by atoms with E-state index in [-0.39, 0.29) is 16.9 Å². The van der Waals surface area contributed by atoms with Crippen LogP contribution in [0.3, 0.4) is 0 Å². The predicted octanol–water partition coefficient (Wildman–Crippen LogP) is 5.84. The van der Waals surface area contributed by atoms with Crippen molar-refractivity contribution in [3.8, 4) is 23.1 Å². The number of para-hydroxylation sites is 1. The largest absolute Gasteiger partial charge is 0.288 e. The number of benzene rings is 4. The van der Waals surface area contributed by atoms with E-state index >= 15 is 0 Å². The van der Waals surface area contributed by atoms with Crippen molar-refractivity contribution in [2.24, 2.45) is 0 Å². The number of ketones is 1. The van der Waals surface area contributed by atoms with E-state index in [0.29, 0.717) is 28.0 Å². The lowest BCUT2D eigenvalue weighted by atomic mass is 10.0. The van der Waals surface area contributed by atoms with Crippen molar-refractivity contribution in [1.82, 2.24) is 9.55 Å². The topological polar surface area (TPSA) is 75.8 Å². The molecule has 0 aliphatic rings. The van der Waals surface area contributed by atoms with E-state index in [2.05, 4.69) is 0 Å². The Morgan fingerprint density at radius 3 is 2.11 bits per heavy atom. The van der Waals surface area contributed by atoms with Crippen molar-refractivity contribution in [1.29, 1.82) is 5.26 Å². The number of hydrogen-bond donors (Lipinski definition) is 0. The van der Waals surface area contributed by atoms with Crippen molar-refractivity contribution in [2.75, 3.05) is 0 Å². The summed E-state index contributed by atoms with van der Waals surface area (Å²) >= 11 is 0. The van der Waals surface area contributed by atoms with Crippen LogP contribution in [0.5, 0.6) is 0 Å². The first-order valence-corrected chi connectivity index (χ1v) is 11.0. The van der Waals surface area contributed by atoms with E-state index in [1.54, 1.807) is 41.0 Å². The minimum atomic E-state index is -0.379. The molecule has 166 valence electrons. The van der Waals surface area contributed by atoms with Gasteiger partial charge in [-0.15, -0.1) is 0 Å². The standard InChI is InChI=1S/C30H19N3O2/c31-20-24(19-21-9-3-1-4-10-21)28(34)22-15-17-25(18-16-22)33-29(23-11-5-2-6-12-23)32-27-14-8-7-13-26(27)30(33)35/h1-19H/b24-19+. The maximum atomic E-state index is 13.5. The molecule has 5 nitrogen and oxygen atoms in total. The van der Waals surface area contributed by atoms with Crippen molar-refractivity contribution in [2.45, 2.75) is 0 Å². The van der Waals surface area contributed by atoms with Gasteiger partial charge >= 0.3 is 0 Å². The van der Waals surface area contributed by atoms with Gasteiger partial charge in [-0.1, -0.05) is 72.8 Å². The molecule has 0 aliphatic heterocycles. The van der Waals surface area contributed by atoms with Crippen molar-refractivity contribution in [3.05, 3.63) is 136 Å². The van der Waals surface area contributed by atoms with Crippen LogP contribution >= 0.6 is 0 Å². The zero-order valence-electron chi connectivity index (χ0n) is 18.6. The molecule has 0 atom stereocenters. The number of carbonyl (C=O) groups is 1. The Bertz CT molecular complexity index is 1660. The average Bonchev–Trinajstić information content (AvgIpc) is 2.92. The molecular weight excluding hydrogens is 434 g/mol. The Morgan fingerprint density at radius 1 is 0.800 bits per heavy atom. The maximum absolute atomic E-state index is 13.5. The summed E-state index contributed by atoms with van der Waals surface area (Å²) in [5.74, 6) is 0.130. The zero-order valence-corrected chi connectivity index (χ0v) is 18.6. The summed E-state index contributed by atoms with van der Waals surface area (Å²) < 4.78 is 1.55. The molecule has 0 radical (unpaired) electrons. The number of rotatable bonds is 5. The molecule has 35 heavy (non-hydrogen) atoms. The third kappa shape index (κ3) is 4.29. The molecule has 1 heterocycles. The highest BCUT2D eigenvalue weighted by molar-refractivity contribution is 6.14. The zero-order chi connectivity index (χ0) is 24.2. The van der Waals surface area contributed by atoms with Gasteiger partial charge < -0.3 is 0 Å². The third-order valence-electron chi connectivity index (χ3n) is 5.67. The van der Waals surface area contributed by atoms with Gasteiger partial charge in [0, 0.05) is 11.1 Å². The van der Waals surface area contributed by atoms with Crippen LogP contribution in [0, 0.1) is 11.3 Å². The predicted molar refractivity (Wildman–Crippen MR) is 137 cm³/mol. The summed E-state index contributed by atoms with van der Waals surface area (Å²) in [6.45, 7) is 0. The molecule has 0 spiro atoms. The fourth-order valence-electron chi connectivity index (χ4n) is 3.94. The van der Waals surface area contributed by atoms with Crippen LogP contribution in [-0.4, -0.2) is 15.3 Å². The fourth-order valence-corrected chi connectivity index (χ4v) is 3.94. The molecule has 0 saturated carbocycles. The lowest BCUT2D eigenvalue weighted by molar-refractivity contribution is 0.104. The smallest absolute Gasteiger partial charge is 0.266 e. The average molecular weight is 454 g/mol. The monoisotopic (exact) mass is 453 g/mol. The van der Waals surface area contributed by atoms with E-state index in [9.17, 15) is 14.9 Å². The van der Waals surface area contributed by atoms with Crippen LogP contribution in [0.2, 0.25) is 0 Å². The Kier molecular flexibility index (Phi) is 5.85. The summed E-state index contributed by atoms with van der Waals surface area (Å²) in [6.07, 6.45) is 1.57. The van der Waals surface area contributed by atoms with E-state index in [1.807, 2.05) is 84.9 Å². The van der Waals surface area contributed by atoms with Gasteiger partial charge in [0.1, 0.15) is 17.5 Å².